The maximum absolute atomic E-state index is 10.2. The summed E-state index contributed by atoms with van der Waals surface area (Å²) in [5, 5.41) is 13.5. The third-order valence-corrected chi connectivity index (χ3v) is 8.17. The first kappa shape index (κ1) is 29.2. The van der Waals surface area contributed by atoms with Crippen molar-refractivity contribution >= 4 is 56.4 Å². The highest BCUT2D eigenvalue weighted by molar-refractivity contribution is 6.16. The number of hydrogen-bond acceptors (Lipinski definition) is 3. The normalized spacial score (nSPS) is 11.4. The molecule has 4 nitrogen and oxygen atoms in total. The smallest absolute Gasteiger partial charge is 0.202 e. The molecular formula is C41H33N3O. The molecule has 0 atom stereocenters. The van der Waals surface area contributed by atoms with Gasteiger partial charge in [-0.2, -0.15) is 5.26 Å². The average molecular weight is 584 g/mol. The van der Waals surface area contributed by atoms with Gasteiger partial charge in [0.15, 0.2) is 0 Å². The van der Waals surface area contributed by atoms with Gasteiger partial charge in [0.2, 0.25) is 5.69 Å². The van der Waals surface area contributed by atoms with Gasteiger partial charge in [0.05, 0.1) is 19.2 Å². The summed E-state index contributed by atoms with van der Waals surface area (Å²) in [6.45, 7) is 14.5. The van der Waals surface area contributed by atoms with Crippen LogP contribution >= 0.6 is 0 Å². The van der Waals surface area contributed by atoms with Crippen LogP contribution in [0.3, 0.4) is 0 Å². The molecule has 6 rings (SSSR count). The van der Waals surface area contributed by atoms with E-state index in [2.05, 4.69) is 109 Å². The second-order valence-electron chi connectivity index (χ2n) is 12.1. The molecule has 0 N–H and O–H groups in total. The molecule has 0 aliphatic rings. The van der Waals surface area contributed by atoms with Gasteiger partial charge in [-0.05, 0) is 92.2 Å². The third kappa shape index (κ3) is 5.75. The number of nitrogens with zero attached hydrogens (tertiary/aromatic N) is 3. The van der Waals surface area contributed by atoms with E-state index < -0.39 is 0 Å². The highest BCUT2D eigenvalue weighted by Crippen LogP contribution is 2.41. The summed E-state index contributed by atoms with van der Waals surface area (Å²) in [6, 6.07) is 41.4. The Labute approximate surface area is 264 Å². The number of para-hydroxylation sites is 1. The Morgan fingerprint density at radius 3 is 1.91 bits per heavy atom. The minimum absolute atomic E-state index is 0.0590. The Bertz CT molecular complexity index is 2120. The molecule has 218 valence electrons. The van der Waals surface area contributed by atoms with Crippen LogP contribution in [-0.2, 0) is 5.41 Å². The van der Waals surface area contributed by atoms with E-state index in [1.54, 1.807) is 7.11 Å². The van der Waals surface area contributed by atoms with Crippen molar-refractivity contribution in [2.45, 2.75) is 26.2 Å². The van der Waals surface area contributed by atoms with Crippen LogP contribution < -0.4 is 9.64 Å². The topological polar surface area (TPSA) is 40.6 Å². The predicted octanol–water partition coefficient (Wildman–Crippen LogP) is 11.4. The summed E-state index contributed by atoms with van der Waals surface area (Å²) in [4.78, 5) is 6.16. The van der Waals surface area contributed by atoms with Gasteiger partial charge in [0, 0.05) is 17.1 Å². The van der Waals surface area contributed by atoms with Crippen molar-refractivity contribution in [1.82, 2.24) is 0 Å². The molecule has 0 spiro atoms. The largest absolute Gasteiger partial charge is 0.497 e. The molecule has 0 aromatic heterocycles. The van der Waals surface area contributed by atoms with Crippen molar-refractivity contribution in [3.63, 3.8) is 0 Å². The van der Waals surface area contributed by atoms with E-state index in [1.807, 2.05) is 54.6 Å². The van der Waals surface area contributed by atoms with E-state index in [1.165, 1.54) is 0 Å². The molecule has 45 heavy (non-hydrogen) atoms. The molecule has 0 amide bonds. The van der Waals surface area contributed by atoms with E-state index >= 15 is 0 Å². The molecule has 6 aromatic rings. The maximum Gasteiger partial charge on any atom is 0.202 e. The Kier molecular flexibility index (Phi) is 7.82. The van der Waals surface area contributed by atoms with Crippen molar-refractivity contribution in [1.29, 1.82) is 5.26 Å². The molecule has 0 saturated heterocycles. The SMILES string of the molecule is [C-]#[N+]c1c2ccc(C(C)(C)C)cc2c(C#N)c2ccc(C=Cc3ccc(N(c4ccccc4)c4ccc(OC)cc4)cc3)cc12. The summed E-state index contributed by atoms with van der Waals surface area (Å²) < 4.78 is 5.37. The number of ether oxygens (including phenoxy) is 1. The highest BCUT2D eigenvalue weighted by Gasteiger charge is 2.19. The van der Waals surface area contributed by atoms with Crippen LogP contribution in [0.5, 0.6) is 5.75 Å². The van der Waals surface area contributed by atoms with Gasteiger partial charge in [-0.15, -0.1) is 0 Å². The van der Waals surface area contributed by atoms with Crippen LogP contribution in [0.15, 0.2) is 115 Å². The molecular weight excluding hydrogens is 550 g/mol. The Balaban J connectivity index is 1.35. The Morgan fingerprint density at radius 1 is 0.689 bits per heavy atom. The van der Waals surface area contributed by atoms with Crippen molar-refractivity contribution in [3.05, 3.63) is 149 Å². The van der Waals surface area contributed by atoms with Crippen LogP contribution in [0, 0.1) is 17.9 Å². The lowest BCUT2D eigenvalue weighted by atomic mass is 9.84. The van der Waals surface area contributed by atoms with E-state index in [9.17, 15) is 5.26 Å². The van der Waals surface area contributed by atoms with Crippen LogP contribution in [0.4, 0.5) is 22.7 Å². The second kappa shape index (κ2) is 12.0. The third-order valence-electron chi connectivity index (χ3n) is 8.17. The highest BCUT2D eigenvalue weighted by atomic mass is 16.5. The van der Waals surface area contributed by atoms with Gasteiger partial charge in [-0.1, -0.05) is 99.7 Å². The minimum atomic E-state index is -0.0590. The van der Waals surface area contributed by atoms with Gasteiger partial charge in [-0.3, -0.25) is 0 Å². The van der Waals surface area contributed by atoms with Crippen molar-refractivity contribution in [2.24, 2.45) is 0 Å². The molecule has 0 aliphatic carbocycles. The molecule has 0 fully saturated rings. The Morgan fingerprint density at radius 2 is 1.29 bits per heavy atom. The summed E-state index contributed by atoms with van der Waals surface area (Å²) >= 11 is 0. The van der Waals surface area contributed by atoms with Crippen molar-refractivity contribution < 1.29 is 4.74 Å². The number of methoxy groups -OCH3 is 1. The molecule has 0 unspecified atom stereocenters. The van der Waals surface area contributed by atoms with E-state index in [-0.39, 0.29) is 5.41 Å². The van der Waals surface area contributed by atoms with Gasteiger partial charge >= 0.3 is 0 Å². The number of benzene rings is 6. The first-order chi connectivity index (χ1) is 21.8. The number of fused-ring (bicyclic) bond motifs is 2. The van der Waals surface area contributed by atoms with Gasteiger partial charge < -0.3 is 9.64 Å². The second-order valence-corrected chi connectivity index (χ2v) is 12.1. The predicted molar refractivity (Wildman–Crippen MR) is 188 cm³/mol. The fourth-order valence-electron chi connectivity index (χ4n) is 5.72. The van der Waals surface area contributed by atoms with Gasteiger partial charge in [0.1, 0.15) is 11.8 Å². The zero-order valence-corrected chi connectivity index (χ0v) is 25.9. The molecule has 0 saturated carbocycles. The number of nitriles is 1. The lowest BCUT2D eigenvalue weighted by molar-refractivity contribution is 0.415. The first-order valence-electron chi connectivity index (χ1n) is 14.9. The summed E-state index contributed by atoms with van der Waals surface area (Å²) in [7, 11) is 1.67. The molecule has 0 heterocycles. The molecule has 4 heteroatoms. The van der Waals surface area contributed by atoms with Crippen LogP contribution in [0.1, 0.15) is 43.0 Å². The van der Waals surface area contributed by atoms with Gasteiger partial charge in [0.25, 0.3) is 0 Å². The van der Waals surface area contributed by atoms with E-state index in [0.717, 1.165) is 61.0 Å². The monoisotopic (exact) mass is 583 g/mol. The van der Waals surface area contributed by atoms with Crippen LogP contribution in [-0.4, -0.2) is 7.11 Å². The quantitative estimate of drug-likeness (QED) is 0.111. The van der Waals surface area contributed by atoms with E-state index in [4.69, 9.17) is 11.3 Å². The summed E-state index contributed by atoms with van der Waals surface area (Å²) in [5.74, 6) is 0.816. The zero-order chi connectivity index (χ0) is 31.6. The summed E-state index contributed by atoms with van der Waals surface area (Å²) in [6.07, 6.45) is 4.13. The standard InChI is InChI=1S/C41H33N3O/c1-41(2,3)30-16-24-36-37(26-30)39(27-42)35-23-15-29(25-38(35)40(36)43-4)12-11-28-13-17-32(18-14-28)44(31-9-7-6-8-10-31)33-19-21-34(45-5)22-20-33/h6-26H,1-3,5H3. The van der Waals surface area contributed by atoms with Crippen molar-refractivity contribution in [2.75, 3.05) is 12.0 Å². The number of rotatable bonds is 6. The molecule has 0 bridgehead atoms. The lowest BCUT2D eigenvalue weighted by Gasteiger charge is -2.25. The minimum Gasteiger partial charge on any atom is -0.497 e. The number of anilines is 3. The fraction of sp³-hybridized carbons (Fsp3) is 0.122. The van der Waals surface area contributed by atoms with Crippen LogP contribution in [0.2, 0.25) is 0 Å². The zero-order valence-electron chi connectivity index (χ0n) is 25.9. The molecule has 6 aromatic carbocycles. The maximum atomic E-state index is 10.2. The first-order valence-corrected chi connectivity index (χ1v) is 14.9. The average Bonchev–Trinajstić information content (AvgIpc) is 3.07. The van der Waals surface area contributed by atoms with E-state index in [0.29, 0.717) is 11.3 Å². The fourth-order valence-corrected chi connectivity index (χ4v) is 5.72. The van der Waals surface area contributed by atoms with Gasteiger partial charge in [-0.25, -0.2) is 4.85 Å². The van der Waals surface area contributed by atoms with Crippen molar-refractivity contribution in [3.8, 4) is 11.8 Å². The Hall–Kier alpha value is -5.84. The lowest BCUT2D eigenvalue weighted by Crippen LogP contribution is -2.10. The molecule has 0 aliphatic heterocycles. The molecule has 0 radical (unpaired) electrons. The van der Waals surface area contributed by atoms with Crippen LogP contribution in [0.25, 0.3) is 38.5 Å². The number of hydrogen-bond donors (Lipinski definition) is 0. The summed E-state index contributed by atoms with van der Waals surface area (Å²) in [5.41, 5.74) is 7.45.